The van der Waals surface area contributed by atoms with E-state index in [4.69, 9.17) is 10.5 Å². The Hall–Kier alpha value is -0.810. The third-order valence-corrected chi connectivity index (χ3v) is 4.38. The van der Waals surface area contributed by atoms with Crippen LogP contribution in [0.25, 0.3) is 0 Å². The lowest BCUT2D eigenvalue weighted by molar-refractivity contribution is 0.0376. The zero-order valence-corrected chi connectivity index (χ0v) is 12.9. The van der Waals surface area contributed by atoms with E-state index in [9.17, 15) is 0 Å². The lowest BCUT2D eigenvalue weighted by Crippen LogP contribution is -2.39. The Morgan fingerprint density at radius 2 is 2.10 bits per heavy atom. The number of ether oxygens (including phenoxy) is 1. The fraction of sp³-hybridized carbons (Fsp3) is 0.933. The summed E-state index contributed by atoms with van der Waals surface area (Å²) in [5, 5.41) is 3.23. The molecular formula is C15H30N4O. The van der Waals surface area contributed by atoms with E-state index in [2.05, 4.69) is 22.1 Å². The fourth-order valence-corrected chi connectivity index (χ4v) is 2.85. The number of nitrogens with one attached hydrogen (secondary N) is 1. The minimum absolute atomic E-state index is 0.495. The van der Waals surface area contributed by atoms with Crippen molar-refractivity contribution in [3.8, 4) is 0 Å². The van der Waals surface area contributed by atoms with Crippen LogP contribution in [0.3, 0.4) is 0 Å². The number of guanidine groups is 1. The van der Waals surface area contributed by atoms with Gasteiger partial charge in [-0.2, -0.15) is 0 Å². The Labute approximate surface area is 122 Å². The van der Waals surface area contributed by atoms with Gasteiger partial charge in [-0.05, 0) is 37.6 Å². The maximum Gasteiger partial charge on any atom is 0.188 e. The minimum atomic E-state index is 0.495. The van der Waals surface area contributed by atoms with E-state index >= 15 is 0 Å². The van der Waals surface area contributed by atoms with Crippen LogP contribution in [0.4, 0.5) is 0 Å². The summed E-state index contributed by atoms with van der Waals surface area (Å²) in [4.78, 5) is 6.95. The van der Waals surface area contributed by atoms with Crippen LogP contribution < -0.4 is 11.1 Å². The number of aliphatic imine (C=N–C) groups is 1. The van der Waals surface area contributed by atoms with E-state index in [-0.39, 0.29) is 0 Å². The molecule has 0 unspecified atom stereocenters. The van der Waals surface area contributed by atoms with Gasteiger partial charge in [-0.25, -0.2) is 0 Å². The number of hydrogen-bond acceptors (Lipinski definition) is 3. The first-order valence-electron chi connectivity index (χ1n) is 8.08. The first-order valence-corrected chi connectivity index (χ1v) is 8.08. The highest BCUT2D eigenvalue weighted by Gasteiger charge is 2.41. The largest absolute Gasteiger partial charge is 0.379 e. The Balaban J connectivity index is 1.54. The third-order valence-electron chi connectivity index (χ3n) is 4.38. The highest BCUT2D eigenvalue weighted by molar-refractivity contribution is 5.77. The first kappa shape index (κ1) is 15.6. The van der Waals surface area contributed by atoms with Crippen LogP contribution in [-0.4, -0.2) is 56.8 Å². The van der Waals surface area contributed by atoms with Crippen LogP contribution in [0.2, 0.25) is 0 Å². The molecule has 5 nitrogen and oxygen atoms in total. The van der Waals surface area contributed by atoms with Gasteiger partial charge in [0.05, 0.1) is 13.2 Å². The van der Waals surface area contributed by atoms with Crippen molar-refractivity contribution in [2.24, 2.45) is 16.1 Å². The molecule has 0 aromatic heterocycles. The van der Waals surface area contributed by atoms with Crippen LogP contribution in [0.5, 0.6) is 0 Å². The predicted molar refractivity (Wildman–Crippen MR) is 82.9 cm³/mol. The topological polar surface area (TPSA) is 62.9 Å². The smallest absolute Gasteiger partial charge is 0.188 e. The summed E-state index contributed by atoms with van der Waals surface area (Å²) in [7, 11) is 0. The molecule has 116 valence electrons. The van der Waals surface area contributed by atoms with Gasteiger partial charge >= 0.3 is 0 Å². The van der Waals surface area contributed by atoms with Crippen molar-refractivity contribution in [2.45, 2.75) is 39.0 Å². The molecule has 2 aliphatic rings. The summed E-state index contributed by atoms with van der Waals surface area (Å²) in [5.74, 6) is 0.620. The third kappa shape index (κ3) is 5.29. The molecule has 1 saturated heterocycles. The highest BCUT2D eigenvalue weighted by Crippen LogP contribution is 2.49. The second-order valence-electron chi connectivity index (χ2n) is 6.19. The maximum atomic E-state index is 5.93. The Morgan fingerprint density at radius 3 is 2.75 bits per heavy atom. The SMILES string of the molecule is CCCC1(CN=C(N)NCCCN2CCOCC2)CC1. The van der Waals surface area contributed by atoms with E-state index in [1.807, 2.05) is 0 Å². The molecule has 3 N–H and O–H groups in total. The summed E-state index contributed by atoms with van der Waals surface area (Å²) in [6.07, 6.45) is 6.31. The van der Waals surface area contributed by atoms with Gasteiger partial charge in [0.2, 0.25) is 0 Å². The van der Waals surface area contributed by atoms with Crippen LogP contribution in [0.15, 0.2) is 4.99 Å². The second kappa shape index (κ2) is 7.84. The lowest BCUT2D eigenvalue weighted by Gasteiger charge is -2.26. The zero-order chi connectivity index (χ0) is 14.3. The molecule has 1 saturated carbocycles. The van der Waals surface area contributed by atoms with Crippen LogP contribution in [-0.2, 0) is 4.74 Å². The standard InChI is InChI=1S/C15H30N4O/c1-2-4-15(5-6-15)13-18-14(16)17-7-3-8-19-9-11-20-12-10-19/h2-13H2,1H3,(H3,16,17,18). The molecule has 0 aromatic carbocycles. The Bertz CT molecular complexity index is 309. The molecule has 0 atom stereocenters. The molecule has 20 heavy (non-hydrogen) atoms. The molecule has 2 fully saturated rings. The summed E-state index contributed by atoms with van der Waals surface area (Å²) in [6.45, 7) is 9.04. The number of morpholine rings is 1. The molecular weight excluding hydrogens is 252 g/mol. The minimum Gasteiger partial charge on any atom is -0.379 e. The van der Waals surface area contributed by atoms with E-state index < -0.39 is 0 Å². The van der Waals surface area contributed by atoms with Crippen molar-refractivity contribution in [3.63, 3.8) is 0 Å². The van der Waals surface area contributed by atoms with Crippen molar-refractivity contribution in [1.29, 1.82) is 0 Å². The average molecular weight is 282 g/mol. The zero-order valence-electron chi connectivity index (χ0n) is 12.9. The lowest BCUT2D eigenvalue weighted by atomic mass is 10.0. The number of nitrogens with zero attached hydrogens (tertiary/aromatic N) is 2. The van der Waals surface area contributed by atoms with E-state index in [0.29, 0.717) is 11.4 Å². The second-order valence-corrected chi connectivity index (χ2v) is 6.19. The van der Waals surface area contributed by atoms with Crippen LogP contribution in [0, 0.1) is 5.41 Å². The molecule has 0 bridgehead atoms. The van der Waals surface area contributed by atoms with E-state index in [1.165, 1.54) is 25.7 Å². The molecule has 0 amide bonds. The Morgan fingerprint density at radius 1 is 1.35 bits per heavy atom. The van der Waals surface area contributed by atoms with Gasteiger partial charge in [0.25, 0.3) is 0 Å². The van der Waals surface area contributed by atoms with E-state index in [1.54, 1.807) is 0 Å². The average Bonchev–Trinajstić information content (AvgIpc) is 3.23. The number of rotatable bonds is 8. The van der Waals surface area contributed by atoms with E-state index in [0.717, 1.165) is 52.4 Å². The summed E-state index contributed by atoms with van der Waals surface area (Å²) < 4.78 is 5.34. The van der Waals surface area contributed by atoms with Crippen molar-refractivity contribution < 1.29 is 4.74 Å². The van der Waals surface area contributed by atoms with Gasteiger partial charge in [-0.3, -0.25) is 9.89 Å². The van der Waals surface area contributed by atoms with Gasteiger partial charge in [0.1, 0.15) is 0 Å². The van der Waals surface area contributed by atoms with Crippen molar-refractivity contribution in [1.82, 2.24) is 10.2 Å². The highest BCUT2D eigenvalue weighted by atomic mass is 16.5. The molecule has 1 aliphatic heterocycles. The van der Waals surface area contributed by atoms with Crippen molar-refractivity contribution in [3.05, 3.63) is 0 Å². The normalized spacial score (nSPS) is 22.8. The van der Waals surface area contributed by atoms with Gasteiger partial charge in [0, 0.05) is 26.2 Å². The predicted octanol–water partition coefficient (Wildman–Crippen LogP) is 1.19. The van der Waals surface area contributed by atoms with Crippen molar-refractivity contribution in [2.75, 3.05) is 45.9 Å². The molecule has 2 rings (SSSR count). The summed E-state index contributed by atoms with van der Waals surface area (Å²) in [5.41, 5.74) is 6.42. The first-order chi connectivity index (χ1) is 9.74. The number of nitrogens with two attached hydrogens (primary N) is 1. The molecule has 0 radical (unpaired) electrons. The van der Waals surface area contributed by atoms with Gasteiger partial charge in [-0.15, -0.1) is 0 Å². The summed E-state index contributed by atoms with van der Waals surface area (Å²) >= 11 is 0. The quantitative estimate of drug-likeness (QED) is 0.399. The molecule has 1 aliphatic carbocycles. The molecule has 1 heterocycles. The fourth-order valence-electron chi connectivity index (χ4n) is 2.85. The maximum absolute atomic E-state index is 5.93. The molecule has 0 aromatic rings. The van der Waals surface area contributed by atoms with Gasteiger partial charge in [0.15, 0.2) is 5.96 Å². The molecule has 5 heteroatoms. The Kier molecular flexibility index (Phi) is 6.10. The van der Waals surface area contributed by atoms with Gasteiger partial charge in [-0.1, -0.05) is 13.3 Å². The summed E-state index contributed by atoms with van der Waals surface area (Å²) in [6, 6.07) is 0. The number of hydrogen-bond donors (Lipinski definition) is 2. The monoisotopic (exact) mass is 282 g/mol. The van der Waals surface area contributed by atoms with Crippen molar-refractivity contribution >= 4 is 5.96 Å². The van der Waals surface area contributed by atoms with Crippen LogP contribution >= 0.6 is 0 Å². The van der Waals surface area contributed by atoms with Crippen LogP contribution in [0.1, 0.15) is 39.0 Å². The molecule has 0 spiro atoms. The van der Waals surface area contributed by atoms with Gasteiger partial charge < -0.3 is 15.8 Å².